The fraction of sp³-hybridized carbons (Fsp3) is 0.647. The quantitative estimate of drug-likeness (QED) is 0.822. The molecule has 2 saturated heterocycles. The summed E-state index contributed by atoms with van der Waals surface area (Å²) in [6, 6.07) is 1.00. The molecular formula is C17H21F3N6O2. The van der Waals surface area contributed by atoms with E-state index in [-0.39, 0.29) is 17.8 Å². The SMILES string of the molecule is FC(F)(F)c1cc(NC2CCN(Cc3noc(C4CCOC4)n3)CC2)ncn1. The summed E-state index contributed by atoms with van der Waals surface area (Å²) in [7, 11) is 0. The van der Waals surface area contributed by atoms with Gasteiger partial charge in [0.05, 0.1) is 19.1 Å². The van der Waals surface area contributed by atoms with Crippen LogP contribution in [0.5, 0.6) is 0 Å². The van der Waals surface area contributed by atoms with Crippen LogP contribution in [0.4, 0.5) is 19.0 Å². The molecule has 0 radical (unpaired) electrons. The Morgan fingerprint density at radius 2 is 2.00 bits per heavy atom. The van der Waals surface area contributed by atoms with Crippen LogP contribution in [0.2, 0.25) is 0 Å². The normalized spacial score (nSPS) is 21.9. The highest BCUT2D eigenvalue weighted by molar-refractivity contribution is 5.36. The molecule has 4 heterocycles. The van der Waals surface area contributed by atoms with Crippen molar-refractivity contribution in [1.29, 1.82) is 0 Å². The second kappa shape index (κ2) is 8.00. The Bertz CT molecular complexity index is 785. The van der Waals surface area contributed by atoms with Crippen molar-refractivity contribution in [3.05, 3.63) is 29.8 Å². The highest BCUT2D eigenvalue weighted by atomic mass is 19.4. The first-order valence-electron chi connectivity index (χ1n) is 9.26. The van der Waals surface area contributed by atoms with Gasteiger partial charge in [-0.05, 0) is 19.3 Å². The smallest absolute Gasteiger partial charge is 0.381 e. The highest BCUT2D eigenvalue weighted by Crippen LogP contribution is 2.29. The van der Waals surface area contributed by atoms with Crippen molar-refractivity contribution in [3.63, 3.8) is 0 Å². The van der Waals surface area contributed by atoms with E-state index >= 15 is 0 Å². The number of hydrogen-bond donors (Lipinski definition) is 1. The third kappa shape index (κ3) is 4.58. The molecule has 0 spiro atoms. The van der Waals surface area contributed by atoms with Crippen LogP contribution in [0.3, 0.4) is 0 Å². The van der Waals surface area contributed by atoms with E-state index in [1.807, 2.05) is 0 Å². The summed E-state index contributed by atoms with van der Waals surface area (Å²) in [5.41, 5.74) is -0.942. The molecule has 2 aliphatic heterocycles. The van der Waals surface area contributed by atoms with Gasteiger partial charge in [0.2, 0.25) is 5.89 Å². The van der Waals surface area contributed by atoms with Crippen LogP contribution in [-0.4, -0.2) is 57.4 Å². The predicted molar refractivity (Wildman–Crippen MR) is 91.4 cm³/mol. The zero-order valence-electron chi connectivity index (χ0n) is 15.2. The van der Waals surface area contributed by atoms with E-state index in [0.717, 1.165) is 51.4 Å². The first-order chi connectivity index (χ1) is 13.5. The Balaban J connectivity index is 1.27. The molecule has 0 saturated carbocycles. The molecule has 4 rings (SSSR count). The molecule has 0 aliphatic carbocycles. The second-order valence-corrected chi connectivity index (χ2v) is 7.09. The fourth-order valence-corrected chi connectivity index (χ4v) is 3.46. The van der Waals surface area contributed by atoms with Gasteiger partial charge >= 0.3 is 6.18 Å². The number of hydrogen-bond acceptors (Lipinski definition) is 8. The van der Waals surface area contributed by atoms with Crippen LogP contribution in [0.15, 0.2) is 16.9 Å². The van der Waals surface area contributed by atoms with E-state index in [4.69, 9.17) is 9.26 Å². The van der Waals surface area contributed by atoms with Gasteiger partial charge in [0, 0.05) is 31.8 Å². The molecule has 2 fully saturated rings. The first kappa shape index (κ1) is 19.1. The average molecular weight is 398 g/mol. The van der Waals surface area contributed by atoms with Crippen LogP contribution in [0, 0.1) is 0 Å². The van der Waals surface area contributed by atoms with Gasteiger partial charge in [0.15, 0.2) is 5.82 Å². The Hall–Kier alpha value is -2.27. The molecule has 0 aromatic carbocycles. The maximum atomic E-state index is 12.8. The molecule has 0 amide bonds. The molecule has 2 aliphatic rings. The lowest BCUT2D eigenvalue weighted by Crippen LogP contribution is -2.39. The lowest BCUT2D eigenvalue weighted by molar-refractivity contribution is -0.141. The van der Waals surface area contributed by atoms with Gasteiger partial charge in [-0.2, -0.15) is 18.2 Å². The summed E-state index contributed by atoms with van der Waals surface area (Å²) in [4.78, 5) is 13.8. The molecule has 1 N–H and O–H groups in total. The Morgan fingerprint density at radius 1 is 1.18 bits per heavy atom. The predicted octanol–water partition coefficient (Wildman–Crippen LogP) is 2.46. The van der Waals surface area contributed by atoms with E-state index < -0.39 is 11.9 Å². The van der Waals surface area contributed by atoms with Crippen LogP contribution in [0.25, 0.3) is 0 Å². The number of aromatic nitrogens is 4. The number of ether oxygens (including phenoxy) is 1. The summed E-state index contributed by atoms with van der Waals surface area (Å²) in [6.07, 6.45) is -1.07. The Labute approximate surface area is 159 Å². The van der Waals surface area contributed by atoms with Gasteiger partial charge in [-0.1, -0.05) is 5.16 Å². The number of piperidine rings is 1. The lowest BCUT2D eigenvalue weighted by atomic mass is 10.1. The molecular weight excluding hydrogens is 377 g/mol. The standard InChI is InChI=1S/C17H21F3N6O2/c18-17(19,20)13-7-14(22-10-21-13)23-12-1-4-26(5-2-12)8-15-24-16(28-25-15)11-3-6-27-9-11/h7,10-12H,1-6,8-9H2,(H,21,22,23). The summed E-state index contributed by atoms with van der Waals surface area (Å²) in [5.74, 6) is 1.67. The van der Waals surface area contributed by atoms with Crippen molar-refractivity contribution in [3.8, 4) is 0 Å². The molecule has 28 heavy (non-hydrogen) atoms. The topological polar surface area (TPSA) is 89.2 Å². The van der Waals surface area contributed by atoms with Gasteiger partial charge in [-0.15, -0.1) is 0 Å². The van der Waals surface area contributed by atoms with Crippen molar-refractivity contribution in [2.24, 2.45) is 0 Å². The van der Waals surface area contributed by atoms with Crippen molar-refractivity contribution in [1.82, 2.24) is 25.0 Å². The number of nitrogens with zero attached hydrogens (tertiary/aromatic N) is 5. The molecule has 1 atom stereocenters. The Morgan fingerprint density at radius 3 is 2.71 bits per heavy atom. The molecule has 152 valence electrons. The molecule has 0 bridgehead atoms. The van der Waals surface area contributed by atoms with E-state index in [0.29, 0.717) is 24.9 Å². The van der Waals surface area contributed by atoms with Crippen molar-refractivity contribution >= 4 is 5.82 Å². The summed E-state index contributed by atoms with van der Waals surface area (Å²) < 4.78 is 48.9. The molecule has 2 aromatic rings. The van der Waals surface area contributed by atoms with Crippen molar-refractivity contribution in [2.45, 2.75) is 43.9 Å². The largest absolute Gasteiger partial charge is 0.433 e. The number of nitrogens with one attached hydrogen (secondary N) is 1. The maximum Gasteiger partial charge on any atom is 0.433 e. The average Bonchev–Trinajstić information content (AvgIpc) is 3.35. The zero-order chi connectivity index (χ0) is 19.6. The molecule has 2 aromatic heterocycles. The number of likely N-dealkylation sites (tertiary alicyclic amines) is 1. The van der Waals surface area contributed by atoms with Gasteiger partial charge in [0.1, 0.15) is 17.8 Å². The monoisotopic (exact) mass is 398 g/mol. The molecule has 8 nitrogen and oxygen atoms in total. The van der Waals surface area contributed by atoms with Gasteiger partial charge in [-0.25, -0.2) is 9.97 Å². The van der Waals surface area contributed by atoms with Gasteiger partial charge < -0.3 is 14.6 Å². The highest BCUT2D eigenvalue weighted by Gasteiger charge is 2.33. The number of alkyl halides is 3. The van der Waals surface area contributed by atoms with E-state index in [2.05, 4.69) is 30.3 Å². The maximum absolute atomic E-state index is 12.8. The van der Waals surface area contributed by atoms with Crippen LogP contribution >= 0.6 is 0 Å². The van der Waals surface area contributed by atoms with E-state index in [1.54, 1.807) is 0 Å². The van der Waals surface area contributed by atoms with Crippen LogP contribution in [0.1, 0.15) is 42.6 Å². The first-order valence-corrected chi connectivity index (χ1v) is 9.26. The minimum Gasteiger partial charge on any atom is -0.381 e. The van der Waals surface area contributed by atoms with Crippen molar-refractivity contribution in [2.75, 3.05) is 31.6 Å². The third-order valence-corrected chi connectivity index (χ3v) is 5.02. The fourth-order valence-electron chi connectivity index (χ4n) is 3.46. The van der Waals surface area contributed by atoms with Gasteiger partial charge in [0.25, 0.3) is 0 Å². The number of anilines is 1. The molecule has 1 unspecified atom stereocenters. The molecule has 11 heteroatoms. The van der Waals surface area contributed by atoms with Crippen LogP contribution in [-0.2, 0) is 17.5 Å². The van der Waals surface area contributed by atoms with Crippen LogP contribution < -0.4 is 5.32 Å². The zero-order valence-corrected chi connectivity index (χ0v) is 15.2. The number of rotatable bonds is 5. The van der Waals surface area contributed by atoms with Gasteiger partial charge in [-0.3, -0.25) is 4.90 Å². The third-order valence-electron chi connectivity index (χ3n) is 5.02. The summed E-state index contributed by atoms with van der Waals surface area (Å²) in [5, 5.41) is 7.13. The summed E-state index contributed by atoms with van der Waals surface area (Å²) in [6.45, 7) is 3.50. The lowest BCUT2D eigenvalue weighted by Gasteiger charge is -2.31. The van der Waals surface area contributed by atoms with E-state index in [1.165, 1.54) is 0 Å². The van der Waals surface area contributed by atoms with E-state index in [9.17, 15) is 13.2 Å². The second-order valence-electron chi connectivity index (χ2n) is 7.09. The minimum absolute atomic E-state index is 0.0590. The van der Waals surface area contributed by atoms with Crippen molar-refractivity contribution < 1.29 is 22.4 Å². The summed E-state index contributed by atoms with van der Waals surface area (Å²) >= 11 is 0. The Kier molecular flexibility index (Phi) is 5.44. The number of halogens is 3. The minimum atomic E-state index is -4.48.